The van der Waals surface area contributed by atoms with Crippen molar-refractivity contribution in [3.8, 4) is 0 Å². The second-order valence-corrected chi connectivity index (χ2v) is 13.8. The summed E-state index contributed by atoms with van der Waals surface area (Å²) in [4.78, 5) is 0. The third kappa shape index (κ3) is 1.66. The van der Waals surface area contributed by atoms with Gasteiger partial charge in [-0.15, -0.1) is 0 Å². The first-order chi connectivity index (χ1) is 3.21. The van der Waals surface area contributed by atoms with Gasteiger partial charge in [0.15, 0.2) is 0 Å². The van der Waals surface area contributed by atoms with Crippen LogP contribution in [0.1, 0.15) is 0 Å². The number of hydrogen-bond acceptors (Lipinski definition) is 0. The molecule has 1 rings (SSSR count). The van der Waals surface area contributed by atoms with E-state index in [1.807, 2.05) is 20.4 Å². The van der Waals surface area contributed by atoms with Crippen LogP contribution in [0.2, 0.25) is 0 Å². The van der Waals surface area contributed by atoms with Crippen LogP contribution >= 0.6 is 17.9 Å². The van der Waals surface area contributed by atoms with Crippen molar-refractivity contribution < 1.29 is 0 Å². The Hall–Kier alpha value is 0.850. The Bertz CT molecular complexity index is 112. The molecule has 40 valence electrons. The van der Waals surface area contributed by atoms with Gasteiger partial charge in [0.05, 0.1) is 0 Å². The molecule has 7 heavy (non-hydrogen) atoms. The Kier molecular flexibility index (Phi) is 1.70. The predicted octanol–water partition coefficient (Wildman–Crippen LogP) is 2.11. The molecule has 0 amide bonds. The zero-order valence-corrected chi connectivity index (χ0v) is 7.32. The van der Waals surface area contributed by atoms with E-state index in [1.165, 1.54) is 0 Å². The van der Waals surface area contributed by atoms with E-state index in [-0.39, 0.29) is 0 Å². The predicted molar refractivity (Wildman–Crippen MR) is 35.7 cm³/mol. The first-order valence-electron chi connectivity index (χ1n) is 1.78. The molecule has 0 radical (unpaired) electrons. The Morgan fingerprint density at radius 2 is 1.43 bits per heavy atom. The van der Waals surface area contributed by atoms with Crippen LogP contribution in [0.15, 0.2) is 20.4 Å². The molecule has 0 nitrogen and oxygen atoms in total. The molecule has 1 heterocycles. The molecule has 0 saturated heterocycles. The van der Waals surface area contributed by atoms with Crippen molar-refractivity contribution in [3.05, 3.63) is 20.4 Å². The maximum absolute atomic E-state index is 5.75. The van der Waals surface area contributed by atoms with Crippen LogP contribution in [0.3, 0.4) is 0 Å². The Balaban J connectivity index is 2.77. The summed E-state index contributed by atoms with van der Waals surface area (Å²) >= 11 is -2.41. The van der Waals surface area contributed by atoms with E-state index < -0.39 is 15.9 Å². The summed E-state index contributed by atoms with van der Waals surface area (Å²) in [5.74, 6) is 0. The van der Waals surface area contributed by atoms with E-state index in [2.05, 4.69) is 0 Å². The van der Waals surface area contributed by atoms with Crippen molar-refractivity contribution in [1.82, 2.24) is 0 Å². The fourth-order valence-corrected chi connectivity index (χ4v) is 3.91. The minimum atomic E-state index is -2.41. The molecule has 0 atom stereocenters. The summed E-state index contributed by atoms with van der Waals surface area (Å²) in [6.07, 6.45) is 3.81. The van der Waals surface area contributed by atoms with Gasteiger partial charge in [-0.3, -0.25) is 0 Å². The zero-order valence-electron chi connectivity index (χ0n) is 3.47. The quantitative estimate of drug-likeness (QED) is 0.578. The molecule has 0 aromatic carbocycles. The van der Waals surface area contributed by atoms with Crippen molar-refractivity contribution >= 4 is 33.9 Å². The molecule has 1 aliphatic heterocycles. The van der Waals surface area contributed by atoms with Crippen LogP contribution in [-0.2, 0) is 0 Å². The van der Waals surface area contributed by atoms with E-state index in [0.29, 0.717) is 0 Å². The molecule has 0 bridgehead atoms. The molecule has 1 aliphatic rings. The van der Waals surface area contributed by atoms with Gasteiger partial charge in [-0.25, -0.2) is 0 Å². The number of halogens is 2. The summed E-state index contributed by atoms with van der Waals surface area (Å²) in [6.45, 7) is 0. The summed E-state index contributed by atoms with van der Waals surface area (Å²) < 4.78 is 3.82. The summed E-state index contributed by atoms with van der Waals surface area (Å²) in [5, 5.41) is 0. The van der Waals surface area contributed by atoms with Crippen LogP contribution in [0.5, 0.6) is 0 Å². The molecule has 0 spiro atoms. The van der Waals surface area contributed by atoms with Crippen LogP contribution < -0.4 is 0 Å². The minimum absolute atomic E-state index is 1.90. The van der Waals surface area contributed by atoms with Gasteiger partial charge in [-0.2, -0.15) is 0 Å². The Labute approximate surface area is 54.1 Å². The van der Waals surface area contributed by atoms with Gasteiger partial charge in [0.2, 0.25) is 0 Å². The van der Waals surface area contributed by atoms with E-state index in [1.54, 1.807) is 0 Å². The van der Waals surface area contributed by atoms with Crippen LogP contribution in [0.4, 0.5) is 0 Å². The summed E-state index contributed by atoms with van der Waals surface area (Å²) in [5.41, 5.74) is 0. The Morgan fingerprint density at radius 1 is 1.00 bits per heavy atom. The molecule has 0 aliphatic carbocycles. The van der Waals surface area contributed by atoms with Crippen LogP contribution in [-0.4, -0.2) is 15.9 Å². The van der Waals surface area contributed by atoms with Crippen molar-refractivity contribution in [2.75, 3.05) is 0 Å². The molecule has 0 aromatic heterocycles. The van der Waals surface area contributed by atoms with Crippen molar-refractivity contribution in [1.29, 1.82) is 0 Å². The second kappa shape index (κ2) is 1.99. The average molecular weight is 251 g/mol. The number of hydrogen-bond donors (Lipinski definition) is 0. The zero-order chi connectivity index (χ0) is 5.33. The van der Waals surface area contributed by atoms with E-state index >= 15 is 0 Å². The van der Waals surface area contributed by atoms with Crippen LogP contribution in [0.25, 0.3) is 0 Å². The first kappa shape index (κ1) is 5.98. The standard InChI is InChI=1S/C4H4Cl2Te/c5-7(6)3-1-2-4-7/h1-4H. The van der Waals surface area contributed by atoms with Crippen molar-refractivity contribution in [3.63, 3.8) is 0 Å². The fourth-order valence-electron chi connectivity index (χ4n) is 0.346. The third-order valence-corrected chi connectivity index (χ3v) is 6.36. The first-order valence-corrected chi connectivity index (χ1v) is 10.4. The van der Waals surface area contributed by atoms with Gasteiger partial charge in [-0.1, -0.05) is 0 Å². The molecule has 0 fully saturated rings. The van der Waals surface area contributed by atoms with E-state index in [9.17, 15) is 0 Å². The van der Waals surface area contributed by atoms with Gasteiger partial charge < -0.3 is 0 Å². The molecule has 0 N–H and O–H groups in total. The van der Waals surface area contributed by atoms with E-state index in [0.717, 1.165) is 0 Å². The SMILES string of the molecule is Cl[Te]1(Cl)C=CC=C1. The van der Waals surface area contributed by atoms with Gasteiger partial charge in [0, 0.05) is 0 Å². The van der Waals surface area contributed by atoms with Crippen LogP contribution in [0, 0.1) is 0 Å². The van der Waals surface area contributed by atoms with Crippen molar-refractivity contribution in [2.45, 2.75) is 0 Å². The molecule has 0 saturated carbocycles. The normalized spacial score (nSPS) is 28.3. The summed E-state index contributed by atoms with van der Waals surface area (Å²) in [6, 6.07) is 0. The second-order valence-electron chi connectivity index (χ2n) is 1.21. The van der Waals surface area contributed by atoms with Gasteiger partial charge >= 0.3 is 54.3 Å². The topological polar surface area (TPSA) is 0 Å². The summed E-state index contributed by atoms with van der Waals surface area (Å²) in [7, 11) is 11.5. The van der Waals surface area contributed by atoms with E-state index in [4.69, 9.17) is 17.9 Å². The maximum atomic E-state index is 5.75. The van der Waals surface area contributed by atoms with Gasteiger partial charge in [0.1, 0.15) is 0 Å². The van der Waals surface area contributed by atoms with Gasteiger partial charge in [-0.05, 0) is 0 Å². The fraction of sp³-hybridized carbons (Fsp3) is 0. The monoisotopic (exact) mass is 252 g/mol. The van der Waals surface area contributed by atoms with Crippen molar-refractivity contribution in [2.24, 2.45) is 0 Å². The molecular weight excluding hydrogens is 247 g/mol. The average Bonchev–Trinajstić information content (AvgIpc) is 1.84. The molecule has 0 aromatic rings. The molecule has 3 heteroatoms. The van der Waals surface area contributed by atoms with Gasteiger partial charge in [0.25, 0.3) is 0 Å². The Morgan fingerprint density at radius 3 is 1.57 bits per heavy atom. The third-order valence-electron chi connectivity index (χ3n) is 0.631. The number of allylic oxidation sites excluding steroid dienone is 2. The molecular formula is C4H4Cl2Te. The number of rotatable bonds is 0. The molecule has 0 unspecified atom stereocenters.